The van der Waals surface area contributed by atoms with Crippen molar-refractivity contribution in [1.82, 2.24) is 19.7 Å². The molecule has 2 N–H and O–H groups in total. The molecular formula is C18H21N5O3S. The molecule has 1 amide bonds. The first-order chi connectivity index (χ1) is 13.0. The van der Waals surface area contributed by atoms with E-state index in [0.29, 0.717) is 21.6 Å². The van der Waals surface area contributed by atoms with E-state index in [2.05, 4.69) is 27.4 Å². The lowest BCUT2D eigenvalue weighted by Gasteiger charge is -2.05. The van der Waals surface area contributed by atoms with Crippen LogP contribution in [0.5, 0.6) is 0 Å². The molecule has 1 aromatic carbocycles. The number of amides is 1. The SMILES string of the molecule is CCCCCc1nnc(NC(=O)c2ccc3c(=O)n(CC)c(=O)[nH]c3c2)s1. The topological polar surface area (TPSA) is 110 Å². The second-order valence-corrected chi connectivity index (χ2v) is 7.21. The highest BCUT2D eigenvalue weighted by Crippen LogP contribution is 2.19. The van der Waals surface area contributed by atoms with E-state index >= 15 is 0 Å². The highest BCUT2D eigenvalue weighted by atomic mass is 32.1. The van der Waals surface area contributed by atoms with Gasteiger partial charge in [-0.2, -0.15) is 0 Å². The number of nitrogens with zero attached hydrogens (tertiary/aromatic N) is 3. The quantitative estimate of drug-likeness (QED) is 0.606. The van der Waals surface area contributed by atoms with Crippen LogP contribution in [0.3, 0.4) is 0 Å². The minimum atomic E-state index is -0.492. The molecule has 0 unspecified atom stereocenters. The lowest BCUT2D eigenvalue weighted by molar-refractivity contribution is 0.102. The van der Waals surface area contributed by atoms with Gasteiger partial charge < -0.3 is 4.98 Å². The lowest BCUT2D eigenvalue weighted by atomic mass is 10.1. The first-order valence-corrected chi connectivity index (χ1v) is 9.75. The standard InChI is InChI=1S/C18H21N5O3S/c1-3-5-6-7-14-21-22-17(27-14)20-15(24)11-8-9-12-13(10-11)19-18(26)23(4-2)16(12)25/h8-10H,3-7H2,1-2H3,(H,19,26)(H,20,22,24). The van der Waals surface area contributed by atoms with E-state index in [4.69, 9.17) is 0 Å². The summed E-state index contributed by atoms with van der Waals surface area (Å²) in [6.07, 6.45) is 4.17. The molecule has 3 rings (SSSR count). The number of nitrogens with one attached hydrogen (secondary N) is 2. The predicted octanol–water partition coefficient (Wildman–Crippen LogP) is 2.55. The molecule has 2 heterocycles. The van der Waals surface area contributed by atoms with Crippen LogP contribution in [-0.4, -0.2) is 25.7 Å². The number of carbonyl (C=O) groups is 1. The molecule has 0 spiro atoms. The molecule has 0 bridgehead atoms. The number of rotatable bonds is 7. The predicted molar refractivity (Wildman–Crippen MR) is 106 cm³/mol. The molecule has 27 heavy (non-hydrogen) atoms. The molecule has 0 aliphatic rings. The van der Waals surface area contributed by atoms with Gasteiger partial charge in [-0.3, -0.25) is 19.5 Å². The molecule has 8 nitrogen and oxygen atoms in total. The molecule has 0 aliphatic carbocycles. The number of fused-ring (bicyclic) bond motifs is 1. The van der Waals surface area contributed by atoms with Gasteiger partial charge in [-0.05, 0) is 31.5 Å². The molecule has 0 saturated heterocycles. The Labute approximate surface area is 159 Å². The number of carbonyl (C=O) groups excluding carboxylic acids is 1. The Morgan fingerprint density at radius 1 is 1.22 bits per heavy atom. The van der Waals surface area contributed by atoms with Crippen molar-refractivity contribution in [2.75, 3.05) is 5.32 Å². The molecule has 142 valence electrons. The fraction of sp³-hybridized carbons (Fsp3) is 0.389. The zero-order valence-electron chi connectivity index (χ0n) is 15.2. The Bertz CT molecular complexity index is 1080. The number of aryl methyl sites for hydroxylation is 1. The van der Waals surface area contributed by atoms with Gasteiger partial charge in [0.25, 0.3) is 11.5 Å². The van der Waals surface area contributed by atoms with Gasteiger partial charge in [0.1, 0.15) is 5.01 Å². The number of hydrogen-bond donors (Lipinski definition) is 2. The number of H-pyrrole nitrogens is 1. The summed E-state index contributed by atoms with van der Waals surface area (Å²) in [5, 5.41) is 12.5. The van der Waals surface area contributed by atoms with Gasteiger partial charge in [-0.25, -0.2) is 4.79 Å². The van der Waals surface area contributed by atoms with Crippen LogP contribution in [0, 0.1) is 0 Å². The van der Waals surface area contributed by atoms with Crippen molar-refractivity contribution < 1.29 is 4.79 Å². The molecule has 2 aromatic heterocycles. The summed E-state index contributed by atoms with van der Waals surface area (Å²) in [5.74, 6) is -0.367. The van der Waals surface area contributed by atoms with Gasteiger partial charge in [0.2, 0.25) is 5.13 Å². The van der Waals surface area contributed by atoms with E-state index in [1.807, 2.05) is 0 Å². The van der Waals surface area contributed by atoms with Crippen molar-refractivity contribution in [2.45, 2.75) is 46.1 Å². The molecule has 0 fully saturated rings. The maximum absolute atomic E-state index is 12.5. The molecular weight excluding hydrogens is 366 g/mol. The minimum Gasteiger partial charge on any atom is -0.307 e. The summed E-state index contributed by atoms with van der Waals surface area (Å²) in [7, 11) is 0. The lowest BCUT2D eigenvalue weighted by Crippen LogP contribution is -2.34. The Hall–Kier alpha value is -2.81. The van der Waals surface area contributed by atoms with Crippen molar-refractivity contribution in [3.63, 3.8) is 0 Å². The largest absolute Gasteiger partial charge is 0.328 e. The number of benzene rings is 1. The number of anilines is 1. The van der Waals surface area contributed by atoms with Gasteiger partial charge in [0.05, 0.1) is 10.9 Å². The summed E-state index contributed by atoms with van der Waals surface area (Å²) in [4.78, 5) is 39.4. The molecule has 3 aromatic rings. The van der Waals surface area contributed by atoms with Gasteiger partial charge in [-0.15, -0.1) is 10.2 Å². The summed E-state index contributed by atoms with van der Waals surface area (Å²) in [6, 6.07) is 4.60. The van der Waals surface area contributed by atoms with Crippen molar-refractivity contribution in [3.8, 4) is 0 Å². The highest BCUT2D eigenvalue weighted by Gasteiger charge is 2.13. The van der Waals surface area contributed by atoms with Crippen LogP contribution in [0.25, 0.3) is 10.9 Å². The first kappa shape index (κ1) is 19.0. The fourth-order valence-electron chi connectivity index (χ4n) is 2.78. The van der Waals surface area contributed by atoms with Gasteiger partial charge in [0, 0.05) is 18.5 Å². The third kappa shape index (κ3) is 4.13. The fourth-order valence-corrected chi connectivity index (χ4v) is 3.56. The van der Waals surface area contributed by atoms with Crippen molar-refractivity contribution >= 4 is 33.3 Å². The maximum Gasteiger partial charge on any atom is 0.328 e. The van der Waals surface area contributed by atoms with Crippen LogP contribution in [0.1, 0.15) is 48.5 Å². The van der Waals surface area contributed by atoms with E-state index in [1.54, 1.807) is 19.1 Å². The molecule has 0 aliphatic heterocycles. The van der Waals surface area contributed by atoms with E-state index in [1.165, 1.54) is 17.4 Å². The summed E-state index contributed by atoms with van der Waals surface area (Å²) < 4.78 is 1.11. The van der Waals surface area contributed by atoms with Crippen LogP contribution < -0.4 is 16.6 Å². The third-order valence-corrected chi connectivity index (χ3v) is 5.14. The van der Waals surface area contributed by atoms with Gasteiger partial charge in [-0.1, -0.05) is 31.1 Å². The Kier molecular flexibility index (Phi) is 5.80. The van der Waals surface area contributed by atoms with Crippen LogP contribution in [0.4, 0.5) is 5.13 Å². The molecule has 0 atom stereocenters. The normalized spacial score (nSPS) is 11.0. The Morgan fingerprint density at radius 2 is 2.04 bits per heavy atom. The van der Waals surface area contributed by atoms with Crippen LogP contribution in [0.2, 0.25) is 0 Å². The first-order valence-electron chi connectivity index (χ1n) is 8.94. The van der Waals surface area contributed by atoms with Gasteiger partial charge in [0.15, 0.2) is 0 Å². The zero-order valence-corrected chi connectivity index (χ0v) is 16.1. The van der Waals surface area contributed by atoms with Crippen molar-refractivity contribution in [2.24, 2.45) is 0 Å². The maximum atomic E-state index is 12.5. The second-order valence-electron chi connectivity index (χ2n) is 6.15. The monoisotopic (exact) mass is 387 g/mol. The molecule has 0 radical (unpaired) electrons. The number of aromatic nitrogens is 4. The average molecular weight is 387 g/mol. The Morgan fingerprint density at radius 3 is 2.78 bits per heavy atom. The Balaban J connectivity index is 1.80. The summed E-state index contributed by atoms with van der Waals surface area (Å²) in [5.41, 5.74) is -0.202. The molecule has 9 heteroatoms. The van der Waals surface area contributed by atoms with Crippen molar-refractivity contribution in [3.05, 3.63) is 49.6 Å². The van der Waals surface area contributed by atoms with E-state index in [9.17, 15) is 14.4 Å². The molecule has 0 saturated carbocycles. The zero-order chi connectivity index (χ0) is 19.4. The van der Waals surface area contributed by atoms with E-state index in [0.717, 1.165) is 35.3 Å². The summed E-state index contributed by atoms with van der Waals surface area (Å²) in [6.45, 7) is 4.15. The smallest absolute Gasteiger partial charge is 0.307 e. The minimum absolute atomic E-state index is 0.282. The van der Waals surface area contributed by atoms with Crippen LogP contribution in [-0.2, 0) is 13.0 Å². The second kappa shape index (κ2) is 8.26. The highest BCUT2D eigenvalue weighted by molar-refractivity contribution is 7.15. The van der Waals surface area contributed by atoms with E-state index in [-0.39, 0.29) is 18.0 Å². The number of unbranched alkanes of at least 4 members (excludes halogenated alkanes) is 2. The van der Waals surface area contributed by atoms with E-state index < -0.39 is 5.69 Å². The van der Waals surface area contributed by atoms with Gasteiger partial charge >= 0.3 is 5.69 Å². The van der Waals surface area contributed by atoms with Crippen molar-refractivity contribution in [1.29, 1.82) is 0 Å². The van der Waals surface area contributed by atoms with Crippen LogP contribution in [0.15, 0.2) is 27.8 Å². The average Bonchev–Trinajstić information content (AvgIpc) is 3.09. The number of aromatic amines is 1. The summed E-state index contributed by atoms with van der Waals surface area (Å²) >= 11 is 1.35. The van der Waals surface area contributed by atoms with Crippen LogP contribution >= 0.6 is 11.3 Å². The number of hydrogen-bond acceptors (Lipinski definition) is 6. The third-order valence-electron chi connectivity index (χ3n) is 4.24.